The van der Waals surface area contributed by atoms with Gasteiger partial charge < -0.3 is 10.6 Å². The molecule has 1 aliphatic rings. The fourth-order valence-electron chi connectivity index (χ4n) is 2.69. The first-order valence-electron chi connectivity index (χ1n) is 7.24. The van der Waals surface area contributed by atoms with Crippen LogP contribution in [0.25, 0.3) is 0 Å². The summed E-state index contributed by atoms with van der Waals surface area (Å²) in [5.41, 5.74) is 0.303. The summed E-state index contributed by atoms with van der Waals surface area (Å²) in [5.74, 6) is 1.64. The molecule has 0 spiro atoms. The summed E-state index contributed by atoms with van der Waals surface area (Å²) in [6, 6.07) is 3.71. The van der Waals surface area contributed by atoms with Gasteiger partial charge in [-0.15, -0.1) is 0 Å². The molecule has 110 valence electrons. The molecule has 0 radical (unpaired) electrons. The first-order chi connectivity index (χ1) is 9.52. The second-order valence-corrected chi connectivity index (χ2v) is 5.96. The van der Waals surface area contributed by atoms with E-state index in [2.05, 4.69) is 29.5 Å². The van der Waals surface area contributed by atoms with Crippen LogP contribution in [-0.2, 0) is 0 Å². The molecule has 4 nitrogen and oxygen atoms in total. The first kappa shape index (κ1) is 15.1. The predicted molar refractivity (Wildman–Crippen MR) is 82.2 cm³/mol. The fraction of sp³-hybridized carbons (Fsp3) is 0.600. The van der Waals surface area contributed by atoms with Gasteiger partial charge in [-0.2, -0.15) is 0 Å². The van der Waals surface area contributed by atoms with Crippen LogP contribution in [0.15, 0.2) is 12.1 Å². The molecule has 1 heterocycles. The molecule has 0 bridgehead atoms. The van der Waals surface area contributed by atoms with Crippen LogP contribution >= 0.6 is 11.6 Å². The number of aromatic nitrogens is 1. The highest BCUT2D eigenvalue weighted by Gasteiger charge is 2.31. The van der Waals surface area contributed by atoms with E-state index in [4.69, 9.17) is 11.6 Å². The van der Waals surface area contributed by atoms with Gasteiger partial charge >= 0.3 is 0 Å². The molecule has 5 heteroatoms. The Balaban J connectivity index is 2.10. The molecule has 0 aromatic carbocycles. The number of amides is 1. The van der Waals surface area contributed by atoms with E-state index < -0.39 is 0 Å². The smallest absolute Gasteiger partial charge is 0.271 e. The monoisotopic (exact) mass is 295 g/mol. The zero-order valence-electron chi connectivity index (χ0n) is 12.2. The summed E-state index contributed by atoms with van der Waals surface area (Å²) < 4.78 is 0. The molecule has 2 N–H and O–H groups in total. The molecular weight excluding hydrogens is 274 g/mol. The molecule has 1 aliphatic carbocycles. The van der Waals surface area contributed by atoms with Crippen LogP contribution in [0.1, 0.15) is 44.1 Å². The van der Waals surface area contributed by atoms with Crippen LogP contribution in [0.4, 0.5) is 5.82 Å². The Kier molecular flexibility index (Phi) is 4.86. The van der Waals surface area contributed by atoms with Gasteiger partial charge in [0.05, 0.1) is 5.02 Å². The number of anilines is 1. The van der Waals surface area contributed by atoms with Gasteiger partial charge in [0, 0.05) is 12.6 Å². The predicted octanol–water partition coefficient (Wildman–Crippen LogP) is 3.33. The number of nitrogens with zero attached hydrogens (tertiary/aromatic N) is 1. The van der Waals surface area contributed by atoms with Gasteiger partial charge in [-0.3, -0.25) is 4.79 Å². The summed E-state index contributed by atoms with van der Waals surface area (Å²) in [4.78, 5) is 16.6. The molecule has 1 saturated carbocycles. The molecule has 1 fully saturated rings. The average Bonchev–Trinajstić information content (AvgIpc) is 2.73. The number of carbonyl (C=O) groups excluding carboxylic acids is 1. The minimum absolute atomic E-state index is 0.180. The largest absolute Gasteiger partial charge is 0.370 e. The third kappa shape index (κ3) is 3.23. The lowest BCUT2D eigenvalue weighted by Gasteiger charge is -2.19. The van der Waals surface area contributed by atoms with Gasteiger partial charge in [0.25, 0.3) is 5.91 Å². The summed E-state index contributed by atoms with van der Waals surface area (Å²) in [6.45, 7) is 7.16. The van der Waals surface area contributed by atoms with Crippen molar-refractivity contribution in [2.24, 2.45) is 11.8 Å². The minimum Gasteiger partial charge on any atom is -0.370 e. The Morgan fingerprint density at radius 1 is 1.40 bits per heavy atom. The molecule has 3 unspecified atom stereocenters. The maximum Gasteiger partial charge on any atom is 0.271 e. The number of halogens is 1. The minimum atomic E-state index is -0.180. The Morgan fingerprint density at radius 2 is 2.15 bits per heavy atom. The Labute approximate surface area is 125 Å². The number of hydrogen-bond acceptors (Lipinski definition) is 3. The van der Waals surface area contributed by atoms with Crippen LogP contribution in [0.5, 0.6) is 0 Å². The number of pyridine rings is 1. The highest BCUT2D eigenvalue weighted by molar-refractivity contribution is 6.33. The molecule has 2 rings (SSSR count). The van der Waals surface area contributed by atoms with Crippen molar-refractivity contribution in [1.29, 1.82) is 0 Å². The van der Waals surface area contributed by atoms with Crippen molar-refractivity contribution in [1.82, 2.24) is 10.3 Å². The highest BCUT2D eigenvalue weighted by atomic mass is 35.5. The van der Waals surface area contributed by atoms with E-state index in [1.807, 2.05) is 6.92 Å². The van der Waals surface area contributed by atoms with Crippen molar-refractivity contribution in [2.75, 3.05) is 11.9 Å². The fourth-order valence-corrected chi connectivity index (χ4v) is 2.88. The zero-order chi connectivity index (χ0) is 14.7. The van der Waals surface area contributed by atoms with Crippen LogP contribution in [0.2, 0.25) is 5.02 Å². The normalized spacial score (nSPS) is 25.5. The van der Waals surface area contributed by atoms with E-state index in [-0.39, 0.29) is 11.9 Å². The van der Waals surface area contributed by atoms with Gasteiger partial charge in [0.15, 0.2) is 0 Å². The van der Waals surface area contributed by atoms with Crippen molar-refractivity contribution in [2.45, 2.75) is 39.7 Å². The number of rotatable bonds is 4. The quantitative estimate of drug-likeness (QED) is 0.896. The van der Waals surface area contributed by atoms with E-state index in [9.17, 15) is 4.79 Å². The molecule has 20 heavy (non-hydrogen) atoms. The number of nitrogens with one attached hydrogen (secondary N) is 2. The molecule has 0 saturated heterocycles. The van der Waals surface area contributed by atoms with E-state index >= 15 is 0 Å². The molecular formula is C15H22ClN3O. The third-order valence-corrected chi connectivity index (χ3v) is 4.51. The Hall–Kier alpha value is -1.29. The van der Waals surface area contributed by atoms with Gasteiger partial charge in [0.2, 0.25) is 0 Å². The lowest BCUT2D eigenvalue weighted by molar-refractivity contribution is 0.0922. The van der Waals surface area contributed by atoms with Crippen LogP contribution in [0, 0.1) is 11.8 Å². The lowest BCUT2D eigenvalue weighted by Crippen LogP contribution is -2.37. The first-order valence-corrected chi connectivity index (χ1v) is 7.62. The van der Waals surface area contributed by atoms with Crippen molar-refractivity contribution in [3.05, 3.63) is 22.8 Å². The van der Waals surface area contributed by atoms with Crippen LogP contribution < -0.4 is 10.6 Å². The zero-order valence-corrected chi connectivity index (χ0v) is 13.0. The Morgan fingerprint density at radius 3 is 2.75 bits per heavy atom. The van der Waals surface area contributed by atoms with E-state index in [0.29, 0.717) is 28.4 Å². The topological polar surface area (TPSA) is 54.0 Å². The third-order valence-electron chi connectivity index (χ3n) is 4.20. The molecule has 1 aromatic rings. The SMILES string of the molecule is CCNc1ccc(Cl)c(C(=O)NC2CCC(C)C2C)n1. The van der Waals surface area contributed by atoms with Gasteiger partial charge in [-0.25, -0.2) is 4.98 Å². The number of hydrogen-bond donors (Lipinski definition) is 2. The van der Waals surface area contributed by atoms with E-state index in [1.165, 1.54) is 0 Å². The summed E-state index contributed by atoms with van der Waals surface area (Å²) in [5, 5.41) is 6.55. The summed E-state index contributed by atoms with van der Waals surface area (Å²) >= 11 is 6.09. The summed E-state index contributed by atoms with van der Waals surface area (Å²) in [6.07, 6.45) is 2.18. The Bertz CT molecular complexity index is 492. The molecule has 3 atom stereocenters. The number of carbonyl (C=O) groups is 1. The summed E-state index contributed by atoms with van der Waals surface area (Å²) in [7, 11) is 0. The van der Waals surface area contributed by atoms with E-state index in [0.717, 1.165) is 19.4 Å². The van der Waals surface area contributed by atoms with Crippen LogP contribution in [-0.4, -0.2) is 23.5 Å². The van der Waals surface area contributed by atoms with Crippen LogP contribution in [0.3, 0.4) is 0 Å². The van der Waals surface area contributed by atoms with Crippen molar-refractivity contribution in [3.8, 4) is 0 Å². The maximum atomic E-state index is 12.3. The van der Waals surface area contributed by atoms with E-state index in [1.54, 1.807) is 12.1 Å². The van der Waals surface area contributed by atoms with Gasteiger partial charge in [-0.05, 0) is 43.7 Å². The maximum absolute atomic E-state index is 12.3. The van der Waals surface area contributed by atoms with Gasteiger partial charge in [0.1, 0.15) is 11.5 Å². The lowest BCUT2D eigenvalue weighted by atomic mass is 9.98. The van der Waals surface area contributed by atoms with Crippen molar-refractivity contribution in [3.63, 3.8) is 0 Å². The van der Waals surface area contributed by atoms with Crippen molar-refractivity contribution >= 4 is 23.3 Å². The molecule has 1 amide bonds. The second-order valence-electron chi connectivity index (χ2n) is 5.55. The standard InChI is InChI=1S/C15H22ClN3O/c1-4-17-13-8-6-11(16)14(19-13)15(20)18-12-7-5-9(2)10(12)3/h6,8-10,12H,4-5,7H2,1-3H3,(H,17,19)(H,18,20). The average molecular weight is 296 g/mol. The molecule has 1 aromatic heterocycles. The molecule has 0 aliphatic heterocycles. The highest BCUT2D eigenvalue weighted by Crippen LogP contribution is 2.31. The van der Waals surface area contributed by atoms with Gasteiger partial charge in [-0.1, -0.05) is 25.4 Å². The van der Waals surface area contributed by atoms with Crippen molar-refractivity contribution < 1.29 is 4.79 Å². The second kappa shape index (κ2) is 6.44.